The van der Waals surface area contributed by atoms with Gasteiger partial charge < -0.3 is 0 Å². The summed E-state index contributed by atoms with van der Waals surface area (Å²) in [6.45, 7) is 12.8. The molecule has 0 aromatic heterocycles. The maximum atomic E-state index is 2.58. The van der Waals surface area contributed by atoms with Crippen molar-refractivity contribution in [3.05, 3.63) is 0 Å². The van der Waals surface area contributed by atoms with Crippen LogP contribution in [0.15, 0.2) is 0 Å². The quantitative estimate of drug-likeness (QED) is 0.496. The molecule has 0 heterocycles. The molecule has 0 nitrogen and oxygen atoms in total. The van der Waals surface area contributed by atoms with Gasteiger partial charge in [-0.05, 0) is 17.4 Å². The molecule has 1 fully saturated rings. The molecule has 0 spiro atoms. The van der Waals surface area contributed by atoms with Gasteiger partial charge in [-0.2, -0.15) is 0 Å². The molecule has 17 heavy (non-hydrogen) atoms. The molecule has 102 valence electrons. The molecule has 3 atom stereocenters. The van der Waals surface area contributed by atoms with Crippen molar-refractivity contribution in [1.29, 1.82) is 0 Å². The molecular weight excluding hydrogens is 220 g/mol. The van der Waals surface area contributed by atoms with E-state index >= 15 is 0 Å². The molecule has 0 bridgehead atoms. The van der Waals surface area contributed by atoms with Crippen molar-refractivity contribution in [3.8, 4) is 0 Å². The fourth-order valence-electron chi connectivity index (χ4n) is 3.68. The molecule has 0 radical (unpaired) electrons. The average molecular weight is 255 g/mol. The van der Waals surface area contributed by atoms with E-state index in [0.717, 1.165) is 17.4 Å². The van der Waals surface area contributed by atoms with E-state index in [-0.39, 0.29) is 0 Å². The van der Waals surface area contributed by atoms with Gasteiger partial charge in [-0.25, -0.2) is 0 Å². The maximum Gasteiger partial charge on any atom is 0.0476 e. The fraction of sp³-hybridized carbons (Fsp3) is 1.00. The molecule has 1 aliphatic carbocycles. The molecule has 3 unspecified atom stereocenters. The van der Waals surface area contributed by atoms with Crippen molar-refractivity contribution in [3.63, 3.8) is 0 Å². The minimum absolute atomic E-state index is 0.949. The van der Waals surface area contributed by atoms with Crippen LogP contribution in [-0.4, -0.2) is 8.07 Å². The lowest BCUT2D eigenvalue weighted by molar-refractivity contribution is 0.323. The SMILES string of the molecule is CC1CCCCCCCCC([Si](C)(C)C)C1C. The van der Waals surface area contributed by atoms with Crippen molar-refractivity contribution < 1.29 is 0 Å². The van der Waals surface area contributed by atoms with Gasteiger partial charge >= 0.3 is 0 Å². The van der Waals surface area contributed by atoms with Crippen LogP contribution >= 0.6 is 0 Å². The third-order valence-electron chi connectivity index (χ3n) is 5.07. The number of rotatable bonds is 1. The largest absolute Gasteiger partial charge is 0.0693 e. The lowest BCUT2D eigenvalue weighted by atomic mass is 9.87. The molecule has 0 aromatic rings. The van der Waals surface area contributed by atoms with Crippen LogP contribution in [0.3, 0.4) is 0 Å². The summed E-state index contributed by atoms with van der Waals surface area (Å²) in [6, 6.07) is 0. The van der Waals surface area contributed by atoms with Crippen molar-refractivity contribution >= 4 is 8.07 Å². The lowest BCUT2D eigenvalue weighted by Crippen LogP contribution is -2.34. The second-order valence-corrected chi connectivity index (χ2v) is 13.0. The van der Waals surface area contributed by atoms with E-state index in [2.05, 4.69) is 33.5 Å². The monoisotopic (exact) mass is 254 g/mol. The molecule has 0 saturated heterocycles. The number of hydrogen-bond donors (Lipinski definition) is 0. The molecule has 1 heteroatoms. The van der Waals surface area contributed by atoms with Gasteiger partial charge in [0.25, 0.3) is 0 Å². The first-order chi connectivity index (χ1) is 7.93. The van der Waals surface area contributed by atoms with E-state index in [4.69, 9.17) is 0 Å². The first-order valence-corrected chi connectivity index (χ1v) is 11.5. The average Bonchev–Trinajstić information content (AvgIpc) is 2.26. The summed E-state index contributed by atoms with van der Waals surface area (Å²) < 4.78 is 0. The predicted molar refractivity (Wildman–Crippen MR) is 82.4 cm³/mol. The van der Waals surface area contributed by atoms with Crippen LogP contribution in [0.2, 0.25) is 25.2 Å². The van der Waals surface area contributed by atoms with Gasteiger partial charge in [-0.3, -0.25) is 0 Å². The van der Waals surface area contributed by atoms with Crippen molar-refractivity contribution in [2.45, 2.75) is 90.4 Å². The van der Waals surface area contributed by atoms with Crippen LogP contribution in [0.4, 0.5) is 0 Å². The normalized spacial score (nSPS) is 34.1. The lowest BCUT2D eigenvalue weighted by Gasteiger charge is -2.37. The highest BCUT2D eigenvalue weighted by Crippen LogP contribution is 2.40. The highest BCUT2D eigenvalue weighted by molar-refractivity contribution is 6.77. The van der Waals surface area contributed by atoms with E-state index < -0.39 is 8.07 Å². The molecule has 1 aliphatic rings. The van der Waals surface area contributed by atoms with Crippen LogP contribution in [0.5, 0.6) is 0 Å². The highest BCUT2D eigenvalue weighted by Gasteiger charge is 2.33. The molecular formula is C16H34Si. The summed E-state index contributed by atoms with van der Waals surface area (Å²) in [4.78, 5) is 0. The number of hydrogen-bond acceptors (Lipinski definition) is 0. The Morgan fingerprint density at radius 3 is 1.71 bits per heavy atom. The van der Waals surface area contributed by atoms with E-state index in [9.17, 15) is 0 Å². The van der Waals surface area contributed by atoms with Crippen molar-refractivity contribution in [1.82, 2.24) is 0 Å². The van der Waals surface area contributed by atoms with E-state index in [1.807, 2.05) is 0 Å². The van der Waals surface area contributed by atoms with Crippen LogP contribution in [0.1, 0.15) is 65.2 Å². The van der Waals surface area contributed by atoms with E-state index in [1.165, 1.54) is 51.4 Å². The second kappa shape index (κ2) is 6.97. The third kappa shape index (κ3) is 5.15. The van der Waals surface area contributed by atoms with Gasteiger partial charge in [-0.1, -0.05) is 84.9 Å². The van der Waals surface area contributed by atoms with E-state index in [0.29, 0.717) is 0 Å². The Balaban J connectivity index is 2.68. The van der Waals surface area contributed by atoms with E-state index in [1.54, 1.807) is 0 Å². The molecule has 1 saturated carbocycles. The first-order valence-electron chi connectivity index (χ1n) is 7.93. The van der Waals surface area contributed by atoms with Crippen LogP contribution in [-0.2, 0) is 0 Å². The van der Waals surface area contributed by atoms with Gasteiger partial charge in [0.05, 0.1) is 0 Å². The van der Waals surface area contributed by atoms with Crippen LogP contribution < -0.4 is 0 Å². The Bertz CT molecular complexity index is 204. The highest BCUT2D eigenvalue weighted by atomic mass is 28.3. The first kappa shape index (κ1) is 15.3. The molecule has 1 rings (SSSR count). The molecule has 0 amide bonds. The van der Waals surface area contributed by atoms with Gasteiger partial charge in [0.2, 0.25) is 0 Å². The zero-order chi connectivity index (χ0) is 12.9. The maximum absolute atomic E-state index is 2.58. The Morgan fingerprint density at radius 2 is 1.18 bits per heavy atom. The summed E-state index contributed by atoms with van der Waals surface area (Å²) in [5.74, 6) is 1.91. The Morgan fingerprint density at radius 1 is 0.706 bits per heavy atom. The Kier molecular flexibility index (Phi) is 6.26. The third-order valence-corrected chi connectivity index (χ3v) is 8.11. The summed E-state index contributed by atoms with van der Waals surface area (Å²) in [5, 5.41) is 0. The minimum Gasteiger partial charge on any atom is -0.0693 e. The summed E-state index contributed by atoms with van der Waals surface area (Å²) in [7, 11) is -0.971. The van der Waals surface area contributed by atoms with Gasteiger partial charge in [0.1, 0.15) is 0 Å². The Hall–Kier alpha value is 0.217. The Labute approximate surface area is 111 Å². The van der Waals surface area contributed by atoms with Crippen LogP contribution in [0.25, 0.3) is 0 Å². The second-order valence-electron chi connectivity index (χ2n) is 7.51. The van der Waals surface area contributed by atoms with Crippen LogP contribution in [0, 0.1) is 11.8 Å². The zero-order valence-corrected chi connectivity index (χ0v) is 13.9. The summed E-state index contributed by atoms with van der Waals surface area (Å²) in [6.07, 6.45) is 11.9. The van der Waals surface area contributed by atoms with Crippen molar-refractivity contribution in [2.75, 3.05) is 0 Å². The predicted octanol–water partition coefficient (Wildman–Crippen LogP) is 6.10. The molecule has 0 N–H and O–H groups in total. The summed E-state index contributed by atoms with van der Waals surface area (Å²) >= 11 is 0. The topological polar surface area (TPSA) is 0 Å². The summed E-state index contributed by atoms with van der Waals surface area (Å²) in [5.41, 5.74) is 1.05. The standard InChI is InChI=1S/C16H34Si/c1-14-12-10-8-6-7-9-11-13-16(15(14)2)17(3,4)5/h14-16H,6-13H2,1-5H3. The van der Waals surface area contributed by atoms with Crippen molar-refractivity contribution in [2.24, 2.45) is 11.8 Å². The minimum atomic E-state index is -0.971. The smallest absolute Gasteiger partial charge is 0.0476 e. The van der Waals surface area contributed by atoms with Gasteiger partial charge in [0.15, 0.2) is 0 Å². The molecule has 0 aromatic carbocycles. The van der Waals surface area contributed by atoms with Gasteiger partial charge in [-0.15, -0.1) is 0 Å². The zero-order valence-electron chi connectivity index (χ0n) is 12.9. The fourth-order valence-corrected chi connectivity index (χ4v) is 6.66. The molecule has 0 aliphatic heterocycles. The van der Waals surface area contributed by atoms with Gasteiger partial charge in [0, 0.05) is 8.07 Å².